The van der Waals surface area contributed by atoms with Crippen LogP contribution in [0.2, 0.25) is 13.3 Å². The SMILES string of the molecule is CCC[CH2][Sn]([CH2]CCC)([CH2]CCC)[O]C(=O)CCN=C(C)c1cccs1. The van der Waals surface area contributed by atoms with Gasteiger partial charge in [0.15, 0.2) is 0 Å². The van der Waals surface area contributed by atoms with Gasteiger partial charge in [-0.3, -0.25) is 0 Å². The van der Waals surface area contributed by atoms with Gasteiger partial charge < -0.3 is 0 Å². The van der Waals surface area contributed by atoms with Crippen LogP contribution in [0.3, 0.4) is 0 Å². The van der Waals surface area contributed by atoms with Crippen LogP contribution in [0.5, 0.6) is 0 Å². The molecule has 0 fully saturated rings. The number of nitrogens with zero attached hydrogens (tertiary/aromatic N) is 1. The van der Waals surface area contributed by atoms with Crippen LogP contribution in [0.1, 0.15) is 77.5 Å². The average Bonchev–Trinajstić information content (AvgIpc) is 3.17. The number of hydrogen-bond donors (Lipinski definition) is 0. The second-order valence-corrected chi connectivity index (χ2v) is 19.7. The first-order valence-corrected chi connectivity index (χ1v) is 18.4. The molecule has 0 aliphatic carbocycles. The van der Waals surface area contributed by atoms with Crippen LogP contribution < -0.4 is 0 Å². The Kier molecular flexibility index (Phi) is 12.5. The standard InChI is InChI=1S/C9H11NO2S.3C4H9.Sn/c1-7(8-3-2-6-13-8)10-5-4-9(11)12;3*1-3-4-2;/h2-3,6H,4-5H2,1H3,(H,11,12);3*1,3-4H2,2H3;/q;;;;+1/p-1. The van der Waals surface area contributed by atoms with Crippen molar-refractivity contribution >= 4 is 41.8 Å². The van der Waals surface area contributed by atoms with Gasteiger partial charge in [0, 0.05) is 0 Å². The number of carbonyl (C=O) groups excluding carboxylic acids is 1. The third kappa shape index (κ3) is 9.02. The van der Waals surface area contributed by atoms with E-state index in [4.69, 9.17) is 3.07 Å². The molecule has 1 heterocycles. The summed E-state index contributed by atoms with van der Waals surface area (Å²) in [4.78, 5) is 18.3. The summed E-state index contributed by atoms with van der Waals surface area (Å²) in [6, 6.07) is 4.11. The van der Waals surface area contributed by atoms with Crippen molar-refractivity contribution in [2.75, 3.05) is 6.54 Å². The van der Waals surface area contributed by atoms with Crippen LogP contribution in [0.25, 0.3) is 0 Å². The van der Waals surface area contributed by atoms with Gasteiger partial charge in [-0.2, -0.15) is 0 Å². The second kappa shape index (κ2) is 13.8. The van der Waals surface area contributed by atoms with Crippen molar-refractivity contribution in [3.63, 3.8) is 0 Å². The first-order valence-electron chi connectivity index (χ1n) is 10.3. The summed E-state index contributed by atoms with van der Waals surface area (Å²) in [6.45, 7) is 9.27. The molecule has 0 bridgehead atoms. The fourth-order valence-electron chi connectivity index (χ4n) is 3.19. The van der Waals surface area contributed by atoms with E-state index in [1.54, 1.807) is 11.3 Å². The van der Waals surface area contributed by atoms with Gasteiger partial charge in [0.1, 0.15) is 0 Å². The Balaban J connectivity index is 2.64. The Bertz CT molecular complexity index is 506. The van der Waals surface area contributed by atoms with Crippen LogP contribution in [-0.4, -0.2) is 37.0 Å². The van der Waals surface area contributed by atoms with Crippen LogP contribution in [-0.2, 0) is 7.87 Å². The second-order valence-electron chi connectivity index (χ2n) is 7.16. The molecule has 0 N–H and O–H groups in total. The minimum absolute atomic E-state index is 0.00633. The zero-order chi connectivity index (χ0) is 19.3. The van der Waals surface area contributed by atoms with Crippen molar-refractivity contribution in [1.29, 1.82) is 0 Å². The van der Waals surface area contributed by atoms with E-state index in [1.807, 2.05) is 13.0 Å². The quantitative estimate of drug-likeness (QED) is 0.214. The Labute approximate surface area is 169 Å². The molecular formula is C21H37NO2SSn. The molecular weight excluding hydrogens is 449 g/mol. The predicted octanol–water partition coefficient (Wildman–Crippen LogP) is 6.84. The fourth-order valence-corrected chi connectivity index (χ4v) is 17.1. The van der Waals surface area contributed by atoms with E-state index in [0.717, 1.165) is 5.71 Å². The molecule has 0 radical (unpaired) electrons. The molecule has 5 heteroatoms. The van der Waals surface area contributed by atoms with E-state index in [1.165, 1.54) is 56.7 Å². The normalized spacial score (nSPS) is 12.4. The molecule has 0 saturated heterocycles. The van der Waals surface area contributed by atoms with Gasteiger partial charge in [-0.25, -0.2) is 0 Å². The molecule has 0 aliphatic rings. The van der Waals surface area contributed by atoms with E-state index in [2.05, 4.69) is 37.2 Å². The topological polar surface area (TPSA) is 38.7 Å². The number of thiophene rings is 1. The van der Waals surface area contributed by atoms with Gasteiger partial charge in [0.2, 0.25) is 0 Å². The maximum absolute atomic E-state index is 12.6. The summed E-state index contributed by atoms with van der Waals surface area (Å²) < 4.78 is 9.93. The van der Waals surface area contributed by atoms with Crippen LogP contribution in [0, 0.1) is 0 Å². The molecule has 148 valence electrons. The van der Waals surface area contributed by atoms with Crippen LogP contribution >= 0.6 is 11.3 Å². The van der Waals surface area contributed by atoms with Gasteiger partial charge >= 0.3 is 170 Å². The Morgan fingerprint density at radius 3 is 2.12 bits per heavy atom. The zero-order valence-corrected chi connectivity index (χ0v) is 20.9. The van der Waals surface area contributed by atoms with Gasteiger partial charge in [-0.1, -0.05) is 0 Å². The molecule has 1 rings (SSSR count). The average molecular weight is 486 g/mol. The van der Waals surface area contributed by atoms with Crippen molar-refractivity contribution in [1.82, 2.24) is 0 Å². The molecule has 0 unspecified atom stereocenters. The van der Waals surface area contributed by atoms with E-state index >= 15 is 0 Å². The van der Waals surface area contributed by atoms with Gasteiger partial charge in [0.25, 0.3) is 0 Å². The van der Waals surface area contributed by atoms with Crippen molar-refractivity contribution in [3.05, 3.63) is 22.4 Å². The van der Waals surface area contributed by atoms with Gasteiger partial charge in [0.05, 0.1) is 0 Å². The van der Waals surface area contributed by atoms with Crippen LogP contribution in [0.4, 0.5) is 0 Å². The van der Waals surface area contributed by atoms with Gasteiger partial charge in [-0.05, 0) is 0 Å². The summed E-state index contributed by atoms with van der Waals surface area (Å²) in [5.41, 5.74) is 1.02. The summed E-state index contributed by atoms with van der Waals surface area (Å²) in [5.74, 6) is 0.00633. The number of unbranched alkanes of at least 4 members (excludes halogenated alkanes) is 3. The molecule has 0 saturated carbocycles. The fraction of sp³-hybridized carbons (Fsp3) is 0.714. The van der Waals surface area contributed by atoms with E-state index in [0.29, 0.717) is 13.0 Å². The third-order valence-corrected chi connectivity index (χ3v) is 18.5. The monoisotopic (exact) mass is 487 g/mol. The first kappa shape index (κ1) is 23.7. The third-order valence-electron chi connectivity index (χ3n) is 4.83. The first-order chi connectivity index (χ1) is 12.6. The predicted molar refractivity (Wildman–Crippen MR) is 117 cm³/mol. The molecule has 0 spiro atoms. The minimum atomic E-state index is -2.81. The Hall–Kier alpha value is -0.361. The number of carbonyl (C=O) groups is 1. The van der Waals surface area contributed by atoms with Crippen molar-refractivity contribution in [2.24, 2.45) is 4.99 Å². The molecule has 0 aliphatic heterocycles. The molecule has 1 aromatic rings. The van der Waals surface area contributed by atoms with Gasteiger partial charge in [-0.15, -0.1) is 0 Å². The Morgan fingerprint density at radius 2 is 1.65 bits per heavy atom. The zero-order valence-electron chi connectivity index (χ0n) is 17.2. The van der Waals surface area contributed by atoms with Crippen molar-refractivity contribution in [3.8, 4) is 0 Å². The van der Waals surface area contributed by atoms with Crippen molar-refractivity contribution < 1.29 is 7.87 Å². The summed E-state index contributed by atoms with van der Waals surface area (Å²) in [7, 11) is 0. The Morgan fingerprint density at radius 1 is 1.08 bits per heavy atom. The number of rotatable bonds is 14. The summed E-state index contributed by atoms with van der Waals surface area (Å²) in [6.07, 6.45) is 7.65. The number of aliphatic imine (C=N–C) groups is 1. The molecule has 26 heavy (non-hydrogen) atoms. The van der Waals surface area contributed by atoms with Crippen molar-refractivity contribution in [2.45, 2.75) is 86.0 Å². The molecule has 1 aromatic heterocycles. The number of hydrogen-bond acceptors (Lipinski definition) is 4. The molecule has 0 amide bonds. The molecule has 0 atom stereocenters. The molecule has 3 nitrogen and oxygen atoms in total. The molecule has 0 aromatic carbocycles. The maximum atomic E-state index is 12.6. The van der Waals surface area contributed by atoms with E-state index in [-0.39, 0.29) is 5.97 Å². The summed E-state index contributed by atoms with van der Waals surface area (Å²) in [5, 5.41) is 2.06. The van der Waals surface area contributed by atoms with Crippen LogP contribution in [0.15, 0.2) is 22.5 Å². The van der Waals surface area contributed by atoms with E-state index < -0.39 is 18.8 Å². The summed E-state index contributed by atoms with van der Waals surface area (Å²) >= 11 is -1.12. The van der Waals surface area contributed by atoms with E-state index in [9.17, 15) is 4.79 Å².